The fourth-order valence-corrected chi connectivity index (χ4v) is 3.91. The van der Waals surface area contributed by atoms with Crippen molar-refractivity contribution in [1.29, 1.82) is 0 Å². The summed E-state index contributed by atoms with van der Waals surface area (Å²) in [5.74, 6) is -0.389. The van der Waals surface area contributed by atoms with E-state index in [4.69, 9.17) is 16.3 Å². The first-order valence-electron chi connectivity index (χ1n) is 10.4. The van der Waals surface area contributed by atoms with Gasteiger partial charge in [0.25, 0.3) is 0 Å². The van der Waals surface area contributed by atoms with Crippen molar-refractivity contribution in [1.82, 2.24) is 10.6 Å². The summed E-state index contributed by atoms with van der Waals surface area (Å²) in [5, 5.41) is 4.49. The minimum Gasteiger partial charge on any atom is -0.449 e. The van der Waals surface area contributed by atoms with E-state index in [1.807, 2.05) is 50.2 Å². The van der Waals surface area contributed by atoms with Crippen LogP contribution in [0.25, 0.3) is 11.1 Å². The molecule has 2 amide bonds. The standard InChI is InChI=1S/C24H27ClN2O4/c1-14(2)12-21(23(29)26-15(3)22(25)28)27-24(30)31-13-20-18-10-6-4-8-16(18)17-9-5-7-11-19(17)20/h4-11,14-15,20-21H,12-13H2,1-3H3,(H,26,29)(H,27,30)/t15-,21-/m0/s1. The van der Waals surface area contributed by atoms with E-state index in [9.17, 15) is 14.4 Å². The third-order valence-corrected chi connectivity index (χ3v) is 5.69. The zero-order valence-corrected chi connectivity index (χ0v) is 18.6. The van der Waals surface area contributed by atoms with Crippen molar-refractivity contribution in [2.24, 2.45) is 5.92 Å². The van der Waals surface area contributed by atoms with Crippen LogP contribution in [-0.4, -0.2) is 35.9 Å². The number of rotatable bonds is 8. The SMILES string of the molecule is CC(C)C[C@H](NC(=O)OCC1c2ccccc2-c2ccccc21)C(=O)N[C@@H](C)C(=O)Cl. The lowest BCUT2D eigenvalue weighted by atomic mass is 9.98. The number of hydrogen-bond acceptors (Lipinski definition) is 4. The van der Waals surface area contributed by atoms with Crippen LogP contribution in [-0.2, 0) is 14.3 Å². The second-order valence-corrected chi connectivity index (χ2v) is 8.56. The molecule has 6 nitrogen and oxygen atoms in total. The van der Waals surface area contributed by atoms with Crippen molar-refractivity contribution >= 4 is 28.8 Å². The molecule has 31 heavy (non-hydrogen) atoms. The second kappa shape index (κ2) is 9.96. The monoisotopic (exact) mass is 442 g/mol. The highest BCUT2D eigenvalue weighted by Gasteiger charge is 2.30. The molecule has 1 aliphatic carbocycles. The summed E-state index contributed by atoms with van der Waals surface area (Å²) in [7, 11) is 0. The molecule has 0 saturated heterocycles. The molecule has 0 spiro atoms. The molecule has 164 valence electrons. The van der Waals surface area contributed by atoms with Gasteiger partial charge in [-0.25, -0.2) is 4.79 Å². The second-order valence-electron chi connectivity index (χ2n) is 8.19. The third-order valence-electron chi connectivity index (χ3n) is 5.36. The summed E-state index contributed by atoms with van der Waals surface area (Å²) in [6.45, 7) is 5.53. The predicted molar refractivity (Wildman–Crippen MR) is 120 cm³/mol. The Bertz CT molecular complexity index is 930. The Morgan fingerprint density at radius 2 is 1.48 bits per heavy atom. The van der Waals surface area contributed by atoms with Gasteiger partial charge in [0.2, 0.25) is 11.1 Å². The number of fused-ring (bicyclic) bond motifs is 3. The van der Waals surface area contributed by atoms with E-state index < -0.39 is 29.3 Å². The number of carbonyl (C=O) groups excluding carboxylic acids is 3. The quantitative estimate of drug-likeness (QED) is 0.600. The van der Waals surface area contributed by atoms with E-state index in [1.165, 1.54) is 6.92 Å². The Morgan fingerprint density at radius 1 is 0.935 bits per heavy atom. The molecule has 7 heteroatoms. The maximum absolute atomic E-state index is 12.5. The van der Waals surface area contributed by atoms with Gasteiger partial charge >= 0.3 is 6.09 Å². The highest BCUT2D eigenvalue weighted by Crippen LogP contribution is 2.44. The molecule has 0 unspecified atom stereocenters. The maximum atomic E-state index is 12.5. The maximum Gasteiger partial charge on any atom is 0.407 e. The molecule has 0 aliphatic heterocycles. The lowest BCUT2D eigenvalue weighted by Gasteiger charge is -2.22. The molecular weight excluding hydrogens is 416 g/mol. The zero-order valence-electron chi connectivity index (χ0n) is 17.9. The van der Waals surface area contributed by atoms with Crippen LogP contribution in [0.15, 0.2) is 48.5 Å². The Morgan fingerprint density at radius 3 is 2.00 bits per heavy atom. The summed E-state index contributed by atoms with van der Waals surface area (Å²) < 4.78 is 5.53. The normalized spacial score (nSPS) is 14.4. The van der Waals surface area contributed by atoms with Crippen LogP contribution in [0.1, 0.15) is 44.2 Å². The molecule has 2 N–H and O–H groups in total. The van der Waals surface area contributed by atoms with Crippen molar-refractivity contribution in [3.05, 3.63) is 59.7 Å². The molecule has 2 atom stereocenters. The Kier molecular flexibility index (Phi) is 7.33. The lowest BCUT2D eigenvalue weighted by molar-refractivity contribution is -0.126. The van der Waals surface area contributed by atoms with Crippen LogP contribution in [0, 0.1) is 5.92 Å². The first-order chi connectivity index (χ1) is 14.8. The molecule has 0 aromatic heterocycles. The summed E-state index contributed by atoms with van der Waals surface area (Å²) in [6, 6.07) is 14.5. The summed E-state index contributed by atoms with van der Waals surface area (Å²) >= 11 is 5.43. The van der Waals surface area contributed by atoms with E-state index in [0.717, 1.165) is 22.3 Å². The highest BCUT2D eigenvalue weighted by atomic mass is 35.5. The average molecular weight is 443 g/mol. The van der Waals surface area contributed by atoms with Crippen LogP contribution in [0.5, 0.6) is 0 Å². The van der Waals surface area contributed by atoms with Gasteiger partial charge in [-0.3, -0.25) is 9.59 Å². The van der Waals surface area contributed by atoms with Gasteiger partial charge in [0, 0.05) is 5.92 Å². The van der Waals surface area contributed by atoms with Gasteiger partial charge < -0.3 is 15.4 Å². The third kappa shape index (κ3) is 5.44. The van der Waals surface area contributed by atoms with Gasteiger partial charge in [0.05, 0.1) is 0 Å². The van der Waals surface area contributed by atoms with E-state index in [0.29, 0.717) is 6.42 Å². The van der Waals surface area contributed by atoms with E-state index >= 15 is 0 Å². The number of amides is 2. The van der Waals surface area contributed by atoms with Crippen LogP contribution < -0.4 is 10.6 Å². The number of ether oxygens (including phenoxy) is 1. The molecule has 0 fully saturated rings. The van der Waals surface area contributed by atoms with Crippen molar-refractivity contribution in [3.63, 3.8) is 0 Å². The minimum atomic E-state index is -0.840. The zero-order chi connectivity index (χ0) is 22.5. The first-order valence-corrected chi connectivity index (χ1v) is 10.8. The molecule has 0 heterocycles. The Labute approximate surface area is 187 Å². The van der Waals surface area contributed by atoms with Gasteiger partial charge in [-0.2, -0.15) is 0 Å². The number of alkyl carbamates (subject to hydrolysis) is 1. The van der Waals surface area contributed by atoms with Crippen molar-refractivity contribution in [2.75, 3.05) is 6.61 Å². The molecule has 0 radical (unpaired) electrons. The summed E-state index contributed by atoms with van der Waals surface area (Å²) in [5.41, 5.74) is 4.51. The van der Waals surface area contributed by atoms with Gasteiger partial charge in [0.1, 0.15) is 18.7 Å². The number of hydrogen-bond donors (Lipinski definition) is 2. The van der Waals surface area contributed by atoms with Crippen molar-refractivity contribution in [2.45, 2.75) is 45.2 Å². The van der Waals surface area contributed by atoms with Crippen LogP contribution >= 0.6 is 11.6 Å². The molecule has 2 aromatic rings. The number of benzene rings is 2. The topological polar surface area (TPSA) is 84.5 Å². The van der Waals surface area contributed by atoms with Crippen LogP contribution in [0.2, 0.25) is 0 Å². The van der Waals surface area contributed by atoms with Crippen molar-refractivity contribution in [3.8, 4) is 11.1 Å². The smallest absolute Gasteiger partial charge is 0.407 e. The average Bonchev–Trinajstić information content (AvgIpc) is 3.05. The Balaban J connectivity index is 1.66. The fraction of sp³-hybridized carbons (Fsp3) is 0.375. The molecular formula is C24H27ClN2O4. The number of halogens is 1. The Hall–Kier alpha value is -2.86. The van der Waals surface area contributed by atoms with Gasteiger partial charge in [-0.1, -0.05) is 62.4 Å². The molecule has 3 rings (SSSR count). The minimum absolute atomic E-state index is 0.0654. The molecule has 1 aliphatic rings. The van der Waals surface area contributed by atoms with E-state index in [1.54, 1.807) is 0 Å². The first kappa shape index (κ1) is 22.8. The largest absolute Gasteiger partial charge is 0.449 e. The predicted octanol–water partition coefficient (Wildman–Crippen LogP) is 4.21. The van der Waals surface area contributed by atoms with Crippen LogP contribution in [0.3, 0.4) is 0 Å². The number of carbonyl (C=O) groups is 3. The van der Waals surface area contributed by atoms with Crippen LogP contribution in [0.4, 0.5) is 4.79 Å². The fourth-order valence-electron chi connectivity index (χ4n) is 3.86. The van der Waals surface area contributed by atoms with E-state index in [2.05, 4.69) is 22.8 Å². The molecule has 0 bridgehead atoms. The number of nitrogens with one attached hydrogen (secondary N) is 2. The highest BCUT2D eigenvalue weighted by molar-refractivity contribution is 6.64. The summed E-state index contributed by atoms with van der Waals surface area (Å²) in [6.07, 6.45) is -0.272. The van der Waals surface area contributed by atoms with Crippen molar-refractivity contribution < 1.29 is 19.1 Å². The van der Waals surface area contributed by atoms with Gasteiger partial charge in [-0.05, 0) is 53.1 Å². The lowest BCUT2D eigenvalue weighted by Crippen LogP contribution is -2.50. The van der Waals surface area contributed by atoms with Gasteiger partial charge in [-0.15, -0.1) is 0 Å². The van der Waals surface area contributed by atoms with Gasteiger partial charge in [0.15, 0.2) is 0 Å². The molecule has 2 aromatic carbocycles. The summed E-state index contributed by atoms with van der Waals surface area (Å²) in [4.78, 5) is 36.3. The molecule has 0 saturated carbocycles. The van der Waals surface area contributed by atoms with E-state index in [-0.39, 0.29) is 18.4 Å².